The predicted octanol–water partition coefficient (Wildman–Crippen LogP) is 4.70. The molecular formula is C27H24F3N7O2. The molecule has 1 aliphatic rings. The van der Waals surface area contributed by atoms with Crippen molar-refractivity contribution in [3.8, 4) is 11.3 Å². The number of likely N-dealkylation sites (tertiary alicyclic amines) is 1. The largest absolute Gasteiger partial charge is 0.416 e. The standard InChI is InChI=1S/C27H24F3N7O2/c1-2-21(38)36-12-4-7-20(14-36)37-25-22(24(31)32-15-33-25)23(35-37)16-5-3-6-17(13-16)26(39)34-19-10-8-18(9-11-19)27(28,29)30/h2-3,5-6,8-11,13,15,20H,1,4,7,12,14H2,(H,34,39)(H2,31,32,33)/t20-/m1/s1. The minimum Gasteiger partial charge on any atom is -0.383 e. The van der Waals surface area contributed by atoms with Gasteiger partial charge in [-0.25, -0.2) is 14.6 Å². The Morgan fingerprint density at radius 3 is 2.62 bits per heavy atom. The van der Waals surface area contributed by atoms with Gasteiger partial charge in [-0.15, -0.1) is 0 Å². The van der Waals surface area contributed by atoms with Crippen LogP contribution in [-0.2, 0) is 11.0 Å². The van der Waals surface area contributed by atoms with Crippen LogP contribution >= 0.6 is 0 Å². The molecule has 4 aromatic rings. The Morgan fingerprint density at radius 2 is 1.90 bits per heavy atom. The number of nitrogen functional groups attached to an aromatic ring is 1. The van der Waals surface area contributed by atoms with E-state index in [9.17, 15) is 22.8 Å². The lowest BCUT2D eigenvalue weighted by Gasteiger charge is -2.32. The molecule has 1 atom stereocenters. The van der Waals surface area contributed by atoms with Gasteiger partial charge in [0.05, 0.1) is 17.0 Å². The summed E-state index contributed by atoms with van der Waals surface area (Å²) in [5, 5.41) is 7.95. The van der Waals surface area contributed by atoms with E-state index in [0.29, 0.717) is 35.4 Å². The summed E-state index contributed by atoms with van der Waals surface area (Å²) in [7, 11) is 0. The smallest absolute Gasteiger partial charge is 0.383 e. The summed E-state index contributed by atoms with van der Waals surface area (Å²) in [6.07, 6.45) is -0.275. The van der Waals surface area contributed by atoms with Crippen LogP contribution in [0.15, 0.2) is 67.5 Å². The van der Waals surface area contributed by atoms with E-state index in [2.05, 4.69) is 21.9 Å². The van der Waals surface area contributed by atoms with Gasteiger partial charge in [-0.3, -0.25) is 9.59 Å². The molecule has 1 aliphatic heterocycles. The molecule has 12 heteroatoms. The summed E-state index contributed by atoms with van der Waals surface area (Å²) < 4.78 is 40.3. The third kappa shape index (κ3) is 5.17. The van der Waals surface area contributed by atoms with Crippen molar-refractivity contribution in [1.29, 1.82) is 0 Å². The van der Waals surface area contributed by atoms with Crippen molar-refractivity contribution in [3.05, 3.63) is 78.6 Å². The van der Waals surface area contributed by atoms with Gasteiger partial charge in [0.15, 0.2) is 5.65 Å². The fourth-order valence-corrected chi connectivity index (χ4v) is 4.69. The number of carbonyl (C=O) groups is 2. The number of nitrogens with zero attached hydrogens (tertiary/aromatic N) is 5. The zero-order chi connectivity index (χ0) is 27.7. The van der Waals surface area contributed by atoms with Gasteiger partial charge >= 0.3 is 6.18 Å². The van der Waals surface area contributed by atoms with Crippen LogP contribution in [0.25, 0.3) is 22.3 Å². The molecule has 1 saturated heterocycles. The van der Waals surface area contributed by atoms with E-state index < -0.39 is 17.6 Å². The Balaban J connectivity index is 1.47. The van der Waals surface area contributed by atoms with E-state index in [-0.39, 0.29) is 29.0 Å². The number of amides is 2. The van der Waals surface area contributed by atoms with Crippen molar-refractivity contribution in [2.45, 2.75) is 25.1 Å². The van der Waals surface area contributed by atoms with E-state index in [1.54, 1.807) is 33.8 Å². The number of nitrogens with one attached hydrogen (secondary N) is 1. The molecule has 5 rings (SSSR count). The highest BCUT2D eigenvalue weighted by atomic mass is 19.4. The van der Waals surface area contributed by atoms with Gasteiger partial charge in [0.25, 0.3) is 5.91 Å². The fourth-order valence-electron chi connectivity index (χ4n) is 4.69. The number of anilines is 2. The monoisotopic (exact) mass is 535 g/mol. The van der Waals surface area contributed by atoms with Crippen molar-refractivity contribution in [2.24, 2.45) is 0 Å². The Hall–Kier alpha value is -4.74. The van der Waals surface area contributed by atoms with Crippen LogP contribution in [0, 0.1) is 0 Å². The summed E-state index contributed by atoms with van der Waals surface area (Å²) in [4.78, 5) is 35.4. The number of rotatable bonds is 5. The van der Waals surface area contributed by atoms with E-state index in [4.69, 9.17) is 10.8 Å². The molecule has 1 fully saturated rings. The van der Waals surface area contributed by atoms with Gasteiger partial charge in [-0.1, -0.05) is 18.7 Å². The molecule has 2 amide bonds. The molecule has 2 aromatic carbocycles. The summed E-state index contributed by atoms with van der Waals surface area (Å²) in [6, 6.07) is 10.7. The van der Waals surface area contributed by atoms with Gasteiger partial charge in [0.2, 0.25) is 5.91 Å². The van der Waals surface area contributed by atoms with Crippen molar-refractivity contribution >= 4 is 34.4 Å². The summed E-state index contributed by atoms with van der Waals surface area (Å²) in [5.74, 6) is -0.441. The van der Waals surface area contributed by atoms with Crippen LogP contribution in [0.3, 0.4) is 0 Å². The van der Waals surface area contributed by atoms with E-state index in [1.807, 2.05) is 0 Å². The van der Waals surface area contributed by atoms with Crippen molar-refractivity contribution in [3.63, 3.8) is 0 Å². The Labute approximate surface area is 221 Å². The molecule has 0 aliphatic carbocycles. The summed E-state index contributed by atoms with van der Waals surface area (Å²) >= 11 is 0. The minimum absolute atomic E-state index is 0.153. The Kier molecular flexibility index (Phi) is 6.77. The quantitative estimate of drug-likeness (QED) is 0.358. The van der Waals surface area contributed by atoms with E-state index in [0.717, 1.165) is 25.0 Å². The van der Waals surface area contributed by atoms with Crippen molar-refractivity contribution < 1.29 is 22.8 Å². The number of carbonyl (C=O) groups excluding carboxylic acids is 2. The molecule has 3 N–H and O–H groups in total. The van der Waals surface area contributed by atoms with Crippen LogP contribution in [0.4, 0.5) is 24.7 Å². The van der Waals surface area contributed by atoms with E-state index >= 15 is 0 Å². The normalized spacial score (nSPS) is 15.8. The number of hydrogen-bond donors (Lipinski definition) is 2. The van der Waals surface area contributed by atoms with Crippen LogP contribution in [0.1, 0.15) is 34.8 Å². The first kappa shape index (κ1) is 25.9. The first-order valence-electron chi connectivity index (χ1n) is 12.1. The lowest BCUT2D eigenvalue weighted by atomic mass is 10.1. The zero-order valence-corrected chi connectivity index (χ0v) is 20.7. The second-order valence-electron chi connectivity index (χ2n) is 9.15. The maximum absolute atomic E-state index is 12.9. The maximum Gasteiger partial charge on any atom is 0.416 e. The second-order valence-corrected chi connectivity index (χ2v) is 9.15. The third-order valence-electron chi connectivity index (χ3n) is 6.62. The number of hydrogen-bond acceptors (Lipinski definition) is 6. The minimum atomic E-state index is -4.47. The topological polar surface area (TPSA) is 119 Å². The molecule has 0 saturated carbocycles. The van der Waals surface area contributed by atoms with Crippen LogP contribution in [-0.4, -0.2) is 49.6 Å². The molecular weight excluding hydrogens is 511 g/mol. The molecule has 0 unspecified atom stereocenters. The number of nitrogens with two attached hydrogens (primary N) is 1. The van der Waals surface area contributed by atoms with Crippen molar-refractivity contribution in [2.75, 3.05) is 24.1 Å². The van der Waals surface area contributed by atoms with Gasteiger partial charge in [-0.2, -0.15) is 18.3 Å². The number of benzene rings is 2. The molecule has 0 radical (unpaired) electrons. The van der Waals surface area contributed by atoms with Gasteiger partial charge in [-0.05, 0) is 55.3 Å². The molecule has 0 bridgehead atoms. The first-order valence-corrected chi connectivity index (χ1v) is 12.1. The predicted molar refractivity (Wildman–Crippen MR) is 140 cm³/mol. The number of aromatic nitrogens is 4. The van der Waals surface area contributed by atoms with Gasteiger partial charge in [0, 0.05) is 29.9 Å². The average Bonchev–Trinajstić information content (AvgIpc) is 3.34. The molecule has 200 valence electrons. The first-order chi connectivity index (χ1) is 18.7. The Bertz CT molecular complexity index is 1560. The number of fused-ring (bicyclic) bond motifs is 1. The molecule has 2 aromatic heterocycles. The average molecular weight is 536 g/mol. The number of piperidine rings is 1. The SMILES string of the molecule is C=CC(=O)N1CCC[C@@H](n2nc(-c3cccc(C(=O)Nc4ccc(C(F)(F)F)cc4)c3)c3c(N)ncnc32)C1. The van der Waals surface area contributed by atoms with Crippen molar-refractivity contribution in [1.82, 2.24) is 24.6 Å². The molecule has 0 spiro atoms. The highest BCUT2D eigenvalue weighted by molar-refractivity contribution is 6.06. The van der Waals surface area contributed by atoms with Crippen LogP contribution in [0.5, 0.6) is 0 Å². The number of halogens is 3. The summed E-state index contributed by atoms with van der Waals surface area (Å²) in [5.41, 5.74) is 7.48. The molecule has 9 nitrogen and oxygen atoms in total. The molecule has 39 heavy (non-hydrogen) atoms. The van der Waals surface area contributed by atoms with Gasteiger partial charge < -0.3 is 16.0 Å². The number of alkyl halides is 3. The lowest BCUT2D eigenvalue weighted by molar-refractivity contribution is -0.137. The maximum atomic E-state index is 12.9. The van der Waals surface area contributed by atoms with Crippen LogP contribution < -0.4 is 11.1 Å². The fraction of sp³-hybridized carbons (Fsp3) is 0.222. The third-order valence-corrected chi connectivity index (χ3v) is 6.62. The Morgan fingerprint density at radius 1 is 1.13 bits per heavy atom. The van der Waals surface area contributed by atoms with Gasteiger partial charge in [0.1, 0.15) is 17.8 Å². The second kappa shape index (κ2) is 10.2. The molecule has 3 heterocycles. The summed E-state index contributed by atoms with van der Waals surface area (Å²) in [6.45, 7) is 4.63. The highest BCUT2D eigenvalue weighted by Gasteiger charge is 2.30. The lowest BCUT2D eigenvalue weighted by Crippen LogP contribution is -2.40. The van der Waals surface area contributed by atoms with Crippen LogP contribution in [0.2, 0.25) is 0 Å². The zero-order valence-electron chi connectivity index (χ0n) is 20.7. The highest BCUT2D eigenvalue weighted by Crippen LogP contribution is 2.34. The van der Waals surface area contributed by atoms with E-state index in [1.165, 1.54) is 24.5 Å².